The zero-order chi connectivity index (χ0) is 17.0. The molecule has 2 aliphatic rings. The number of esters is 1. The molecule has 3 nitrogen and oxygen atoms in total. The van der Waals surface area contributed by atoms with E-state index in [4.69, 9.17) is 4.74 Å². The topological polar surface area (TPSA) is 29.5 Å². The van der Waals surface area contributed by atoms with Crippen LogP contribution in [0.5, 0.6) is 0 Å². The Balaban J connectivity index is 1.73. The molecule has 0 aromatic heterocycles. The molecular weight excluding hydrogens is 305 g/mol. The van der Waals surface area contributed by atoms with Crippen LogP contribution in [-0.2, 0) is 14.9 Å². The van der Waals surface area contributed by atoms with Gasteiger partial charge in [-0.1, -0.05) is 37.8 Å². The number of carbonyl (C=O) groups excluding carboxylic acids is 1. The number of likely N-dealkylation sites (N-methyl/N-ethyl adjacent to an activating group) is 1. The van der Waals surface area contributed by atoms with E-state index in [2.05, 4.69) is 11.9 Å². The quantitative estimate of drug-likeness (QED) is 0.778. The minimum Gasteiger partial charge on any atom is -0.463 e. The highest BCUT2D eigenvalue weighted by Gasteiger charge is 2.43. The van der Waals surface area contributed by atoms with E-state index in [-0.39, 0.29) is 11.8 Å². The highest BCUT2D eigenvalue weighted by molar-refractivity contribution is 5.83. The van der Waals surface area contributed by atoms with Crippen molar-refractivity contribution >= 4 is 5.97 Å². The summed E-state index contributed by atoms with van der Waals surface area (Å²) >= 11 is 0. The number of piperidine rings is 1. The summed E-state index contributed by atoms with van der Waals surface area (Å²) in [5, 5.41) is 0. The van der Waals surface area contributed by atoms with Crippen LogP contribution in [0.25, 0.3) is 0 Å². The number of carbonyl (C=O) groups is 1. The molecule has 24 heavy (non-hydrogen) atoms. The number of benzene rings is 1. The van der Waals surface area contributed by atoms with Gasteiger partial charge in [0, 0.05) is 6.04 Å². The van der Waals surface area contributed by atoms with Crippen LogP contribution in [0.15, 0.2) is 24.3 Å². The normalized spacial score (nSPS) is 24.5. The fraction of sp³-hybridized carbons (Fsp3) is 0.650. The molecular formula is C20H28FNO2. The molecule has 4 heteroatoms. The van der Waals surface area contributed by atoms with E-state index in [1.807, 2.05) is 0 Å². The van der Waals surface area contributed by atoms with Crippen molar-refractivity contribution in [1.82, 2.24) is 4.90 Å². The standard InChI is InChI=1S/C20H28FNO2/c1-22-14-6-3-7-18(22)15-24-19(23)20(12-4-2-5-13-20)16-8-10-17(21)11-9-16/h8-11,18H,2-7,12-15H2,1H3/t18-/m1/s1. The first-order chi connectivity index (χ1) is 11.6. The van der Waals surface area contributed by atoms with Gasteiger partial charge in [-0.3, -0.25) is 4.79 Å². The van der Waals surface area contributed by atoms with Gasteiger partial charge in [0.15, 0.2) is 0 Å². The van der Waals surface area contributed by atoms with Crippen LogP contribution >= 0.6 is 0 Å². The van der Waals surface area contributed by atoms with Crippen LogP contribution in [0.2, 0.25) is 0 Å². The van der Waals surface area contributed by atoms with E-state index >= 15 is 0 Å². The zero-order valence-corrected chi connectivity index (χ0v) is 14.6. The summed E-state index contributed by atoms with van der Waals surface area (Å²) in [5.41, 5.74) is 0.324. The van der Waals surface area contributed by atoms with Crippen molar-refractivity contribution in [3.63, 3.8) is 0 Å². The maximum Gasteiger partial charge on any atom is 0.316 e. The van der Waals surface area contributed by atoms with Crippen LogP contribution in [0.3, 0.4) is 0 Å². The molecule has 0 unspecified atom stereocenters. The maximum absolute atomic E-state index is 13.3. The first kappa shape index (κ1) is 17.4. The predicted octanol–water partition coefficient (Wildman–Crippen LogP) is 4.06. The maximum atomic E-state index is 13.3. The molecule has 3 rings (SSSR count). The Morgan fingerprint density at radius 2 is 1.88 bits per heavy atom. The second-order valence-electron chi connectivity index (χ2n) is 7.38. The number of halogens is 1. The van der Waals surface area contributed by atoms with Crippen molar-refractivity contribution in [3.8, 4) is 0 Å². The van der Waals surface area contributed by atoms with Crippen molar-refractivity contribution < 1.29 is 13.9 Å². The number of hydrogen-bond acceptors (Lipinski definition) is 3. The van der Waals surface area contributed by atoms with E-state index < -0.39 is 5.41 Å². The number of ether oxygens (including phenoxy) is 1. The predicted molar refractivity (Wildman–Crippen MR) is 92.4 cm³/mol. The number of likely N-dealkylation sites (tertiary alicyclic amines) is 1. The lowest BCUT2D eigenvalue weighted by Gasteiger charge is -2.37. The van der Waals surface area contributed by atoms with Crippen molar-refractivity contribution in [2.45, 2.75) is 62.8 Å². The Hall–Kier alpha value is -1.42. The number of rotatable bonds is 4. The Bertz CT molecular complexity index is 551. The molecule has 1 aliphatic heterocycles. The third kappa shape index (κ3) is 3.64. The smallest absolute Gasteiger partial charge is 0.316 e. The Kier molecular flexibility index (Phi) is 5.54. The highest BCUT2D eigenvalue weighted by Crippen LogP contribution is 2.40. The minimum absolute atomic E-state index is 0.118. The fourth-order valence-electron chi connectivity index (χ4n) is 4.20. The molecule has 0 spiro atoms. The number of nitrogens with zero attached hydrogens (tertiary/aromatic N) is 1. The molecule has 1 saturated carbocycles. The van der Waals surface area contributed by atoms with Gasteiger partial charge >= 0.3 is 5.97 Å². The molecule has 1 atom stereocenters. The van der Waals surface area contributed by atoms with E-state index in [0.717, 1.165) is 50.6 Å². The third-order valence-electron chi connectivity index (χ3n) is 5.82. The summed E-state index contributed by atoms with van der Waals surface area (Å²) in [6, 6.07) is 6.75. The molecule has 0 radical (unpaired) electrons. The van der Waals surface area contributed by atoms with Gasteiger partial charge in [-0.05, 0) is 57.0 Å². The van der Waals surface area contributed by atoms with Gasteiger partial charge in [-0.2, -0.15) is 0 Å². The second-order valence-corrected chi connectivity index (χ2v) is 7.38. The molecule has 1 aromatic rings. The molecule has 0 N–H and O–H groups in total. The van der Waals surface area contributed by atoms with Crippen molar-refractivity contribution in [1.29, 1.82) is 0 Å². The summed E-state index contributed by atoms with van der Waals surface area (Å²) in [5.74, 6) is -0.380. The SMILES string of the molecule is CN1CCCC[C@@H]1COC(=O)C1(c2ccc(F)cc2)CCCCC1. The molecule has 132 valence electrons. The lowest BCUT2D eigenvalue weighted by molar-refractivity contribution is -0.154. The third-order valence-corrected chi connectivity index (χ3v) is 5.82. The van der Waals surface area contributed by atoms with E-state index in [9.17, 15) is 9.18 Å². The lowest BCUT2D eigenvalue weighted by Crippen LogP contribution is -2.44. The zero-order valence-electron chi connectivity index (χ0n) is 14.6. The summed E-state index contributed by atoms with van der Waals surface area (Å²) in [6.07, 6.45) is 8.33. The van der Waals surface area contributed by atoms with E-state index in [0.29, 0.717) is 12.6 Å². The van der Waals surface area contributed by atoms with Crippen LogP contribution in [-0.4, -0.2) is 37.1 Å². The van der Waals surface area contributed by atoms with Gasteiger partial charge < -0.3 is 9.64 Å². The molecule has 1 aliphatic carbocycles. The largest absolute Gasteiger partial charge is 0.463 e. The first-order valence-electron chi connectivity index (χ1n) is 9.25. The number of hydrogen-bond donors (Lipinski definition) is 0. The summed E-state index contributed by atoms with van der Waals surface area (Å²) in [6.45, 7) is 1.55. The molecule has 2 fully saturated rings. The lowest BCUT2D eigenvalue weighted by atomic mass is 9.69. The van der Waals surface area contributed by atoms with Gasteiger partial charge in [0.05, 0.1) is 5.41 Å². The highest BCUT2D eigenvalue weighted by atomic mass is 19.1. The molecule has 1 aromatic carbocycles. The average Bonchev–Trinajstić information content (AvgIpc) is 2.62. The van der Waals surface area contributed by atoms with Crippen molar-refractivity contribution in [3.05, 3.63) is 35.6 Å². The van der Waals surface area contributed by atoms with Gasteiger partial charge in [-0.25, -0.2) is 4.39 Å². The fourth-order valence-corrected chi connectivity index (χ4v) is 4.20. The second kappa shape index (κ2) is 7.64. The van der Waals surface area contributed by atoms with Gasteiger partial charge in [0.1, 0.15) is 12.4 Å². The molecule has 1 heterocycles. The molecule has 1 saturated heterocycles. The van der Waals surface area contributed by atoms with Crippen LogP contribution in [0, 0.1) is 5.82 Å². The van der Waals surface area contributed by atoms with Gasteiger partial charge in [0.25, 0.3) is 0 Å². The van der Waals surface area contributed by atoms with Gasteiger partial charge in [-0.15, -0.1) is 0 Å². The summed E-state index contributed by atoms with van der Waals surface area (Å²) in [7, 11) is 2.11. The summed E-state index contributed by atoms with van der Waals surface area (Å²) in [4.78, 5) is 15.3. The Morgan fingerprint density at radius 3 is 2.54 bits per heavy atom. The molecule has 0 amide bonds. The van der Waals surface area contributed by atoms with Crippen molar-refractivity contribution in [2.24, 2.45) is 0 Å². The van der Waals surface area contributed by atoms with Crippen LogP contribution in [0.1, 0.15) is 56.9 Å². The Labute approximate surface area is 144 Å². The van der Waals surface area contributed by atoms with Gasteiger partial charge in [0.2, 0.25) is 0 Å². The molecule has 0 bridgehead atoms. The minimum atomic E-state index is -0.584. The first-order valence-corrected chi connectivity index (χ1v) is 9.25. The van der Waals surface area contributed by atoms with Crippen LogP contribution in [0.4, 0.5) is 4.39 Å². The van der Waals surface area contributed by atoms with E-state index in [1.54, 1.807) is 12.1 Å². The van der Waals surface area contributed by atoms with Crippen molar-refractivity contribution in [2.75, 3.05) is 20.2 Å². The Morgan fingerprint density at radius 1 is 1.17 bits per heavy atom. The monoisotopic (exact) mass is 333 g/mol. The average molecular weight is 333 g/mol. The summed E-state index contributed by atoms with van der Waals surface area (Å²) < 4.78 is 19.1. The van der Waals surface area contributed by atoms with E-state index in [1.165, 1.54) is 25.0 Å². The van der Waals surface area contributed by atoms with Crippen LogP contribution < -0.4 is 0 Å².